The van der Waals surface area contributed by atoms with E-state index >= 15 is 0 Å². The first-order chi connectivity index (χ1) is 6.50. The van der Waals surface area contributed by atoms with Gasteiger partial charge in [-0.15, -0.1) is 0 Å². The smallest absolute Gasteiger partial charge is 0.311 e. The van der Waals surface area contributed by atoms with E-state index in [-0.39, 0.29) is 5.03 Å². The summed E-state index contributed by atoms with van der Waals surface area (Å²) in [5.74, 6) is 0. The number of nitrogens with one attached hydrogen (secondary N) is 1. The maximum atomic E-state index is 10.9. The molecule has 0 radical (unpaired) electrons. The molecule has 0 atom stereocenters. The Morgan fingerprint density at radius 3 is 2.50 bits per heavy atom. The predicted octanol–water partition coefficient (Wildman–Crippen LogP) is 2.18. The lowest BCUT2D eigenvalue weighted by molar-refractivity contribution is 0.479. The summed E-state index contributed by atoms with van der Waals surface area (Å²) in [5, 5.41) is 0.513. The standard InChI is InChI=1S/C8H6BrNO3S/c9-7-5-3-1-2-4-6(5)10-8(7)14(11,12)13/h1-4,10H,(H,11,12,13). The molecule has 6 heteroatoms. The molecule has 0 saturated heterocycles. The molecule has 1 aromatic carbocycles. The van der Waals surface area contributed by atoms with Crippen LogP contribution in [0.2, 0.25) is 0 Å². The molecule has 1 aromatic heterocycles. The van der Waals surface area contributed by atoms with Crippen molar-refractivity contribution in [2.24, 2.45) is 0 Å². The lowest BCUT2D eigenvalue weighted by Crippen LogP contribution is -1.98. The van der Waals surface area contributed by atoms with Crippen molar-refractivity contribution >= 4 is 37.0 Å². The Kier molecular flexibility index (Phi) is 2.13. The van der Waals surface area contributed by atoms with E-state index < -0.39 is 10.1 Å². The van der Waals surface area contributed by atoms with Crippen molar-refractivity contribution in [3.63, 3.8) is 0 Å². The fourth-order valence-corrected chi connectivity index (χ4v) is 2.89. The van der Waals surface area contributed by atoms with Crippen LogP contribution in [0.4, 0.5) is 0 Å². The summed E-state index contributed by atoms with van der Waals surface area (Å²) >= 11 is 3.12. The van der Waals surface area contributed by atoms with Crippen LogP contribution in [0.5, 0.6) is 0 Å². The van der Waals surface area contributed by atoms with Crippen LogP contribution in [0.1, 0.15) is 0 Å². The third-order valence-corrected chi connectivity index (χ3v) is 3.78. The number of rotatable bonds is 1. The summed E-state index contributed by atoms with van der Waals surface area (Å²) in [6, 6.07) is 7.05. The number of aromatic amines is 1. The van der Waals surface area contributed by atoms with Crippen molar-refractivity contribution in [2.45, 2.75) is 5.03 Å². The third kappa shape index (κ3) is 1.45. The molecule has 0 aliphatic rings. The topological polar surface area (TPSA) is 70.2 Å². The normalized spacial score (nSPS) is 12.1. The second kappa shape index (κ2) is 3.08. The van der Waals surface area contributed by atoms with Crippen molar-refractivity contribution in [1.29, 1.82) is 0 Å². The van der Waals surface area contributed by atoms with E-state index in [4.69, 9.17) is 4.55 Å². The first-order valence-electron chi connectivity index (χ1n) is 3.74. The summed E-state index contributed by atoms with van der Waals surface area (Å²) in [5.41, 5.74) is 0.659. The van der Waals surface area contributed by atoms with Gasteiger partial charge in [0.15, 0.2) is 5.03 Å². The SMILES string of the molecule is O=S(=O)(O)c1[nH]c2ccccc2c1Br. The van der Waals surface area contributed by atoms with Gasteiger partial charge in [0.1, 0.15) is 0 Å². The minimum absolute atomic E-state index is 0.210. The third-order valence-electron chi connectivity index (χ3n) is 1.87. The number of benzene rings is 1. The second-order valence-corrected chi connectivity index (χ2v) is 4.94. The van der Waals surface area contributed by atoms with Gasteiger partial charge in [-0.05, 0) is 22.0 Å². The Labute approximate surface area is 88.8 Å². The van der Waals surface area contributed by atoms with Crippen LogP contribution >= 0.6 is 15.9 Å². The molecule has 0 aliphatic heterocycles. The molecule has 0 amide bonds. The maximum absolute atomic E-state index is 10.9. The van der Waals surface area contributed by atoms with E-state index in [1.165, 1.54) is 0 Å². The number of para-hydroxylation sites is 1. The molecular weight excluding hydrogens is 270 g/mol. The van der Waals surface area contributed by atoms with Crippen LogP contribution in [0.15, 0.2) is 33.8 Å². The molecular formula is C8H6BrNO3S. The highest BCUT2D eigenvalue weighted by atomic mass is 79.9. The van der Waals surface area contributed by atoms with Crippen LogP contribution < -0.4 is 0 Å². The monoisotopic (exact) mass is 275 g/mol. The lowest BCUT2D eigenvalue weighted by Gasteiger charge is -1.91. The molecule has 0 fully saturated rings. The summed E-state index contributed by atoms with van der Waals surface area (Å²) < 4.78 is 31.1. The van der Waals surface area contributed by atoms with Gasteiger partial charge >= 0.3 is 10.1 Å². The average molecular weight is 276 g/mol. The van der Waals surface area contributed by atoms with Crippen molar-refractivity contribution < 1.29 is 13.0 Å². The molecule has 4 nitrogen and oxygen atoms in total. The zero-order chi connectivity index (χ0) is 10.3. The molecule has 2 N–H and O–H groups in total. The first-order valence-corrected chi connectivity index (χ1v) is 5.97. The van der Waals surface area contributed by atoms with Gasteiger partial charge in [0, 0.05) is 10.9 Å². The van der Waals surface area contributed by atoms with E-state index in [0.717, 1.165) is 5.39 Å². The second-order valence-electron chi connectivity index (χ2n) is 2.79. The van der Waals surface area contributed by atoms with Crippen molar-refractivity contribution in [3.8, 4) is 0 Å². The van der Waals surface area contributed by atoms with Gasteiger partial charge in [-0.2, -0.15) is 8.42 Å². The van der Waals surface area contributed by atoms with Gasteiger partial charge in [0.25, 0.3) is 0 Å². The molecule has 74 valence electrons. The van der Waals surface area contributed by atoms with Crippen molar-refractivity contribution in [3.05, 3.63) is 28.7 Å². The van der Waals surface area contributed by atoms with Gasteiger partial charge < -0.3 is 4.98 Å². The minimum Gasteiger partial charge on any atom is -0.343 e. The van der Waals surface area contributed by atoms with Crippen molar-refractivity contribution in [1.82, 2.24) is 4.98 Å². The van der Waals surface area contributed by atoms with Crippen molar-refractivity contribution in [2.75, 3.05) is 0 Å². The van der Waals surface area contributed by atoms with E-state index in [1.807, 2.05) is 0 Å². The number of fused-ring (bicyclic) bond motifs is 1. The lowest BCUT2D eigenvalue weighted by atomic mass is 10.3. The molecule has 0 spiro atoms. The first kappa shape index (κ1) is 9.70. The average Bonchev–Trinajstić information content (AvgIpc) is 2.44. The van der Waals surface area contributed by atoms with Gasteiger partial charge in [0.05, 0.1) is 4.47 Å². The number of halogens is 1. The number of hydrogen-bond donors (Lipinski definition) is 2. The van der Waals surface area contributed by atoms with Crippen LogP contribution in [-0.4, -0.2) is 18.0 Å². The minimum atomic E-state index is -4.20. The Balaban J connectivity index is 2.89. The highest BCUT2D eigenvalue weighted by molar-refractivity contribution is 9.10. The Bertz CT molecular complexity index is 588. The fraction of sp³-hybridized carbons (Fsp3) is 0. The molecule has 2 rings (SSSR count). The van der Waals surface area contributed by atoms with E-state index in [2.05, 4.69) is 20.9 Å². The van der Waals surface area contributed by atoms with Gasteiger partial charge in [0.2, 0.25) is 0 Å². The zero-order valence-electron chi connectivity index (χ0n) is 6.86. The number of aromatic nitrogens is 1. The maximum Gasteiger partial charge on any atom is 0.311 e. The predicted molar refractivity (Wildman–Crippen MR) is 55.8 cm³/mol. The quantitative estimate of drug-likeness (QED) is 0.784. The summed E-state index contributed by atoms with van der Waals surface area (Å²) in [6.45, 7) is 0. The number of H-pyrrole nitrogens is 1. The van der Waals surface area contributed by atoms with Gasteiger partial charge in [-0.3, -0.25) is 4.55 Å². The summed E-state index contributed by atoms with van der Waals surface area (Å²) in [6.07, 6.45) is 0. The number of hydrogen-bond acceptors (Lipinski definition) is 2. The van der Waals surface area contributed by atoms with E-state index in [9.17, 15) is 8.42 Å². The Hall–Kier alpha value is -0.850. The van der Waals surface area contributed by atoms with E-state index in [0.29, 0.717) is 9.99 Å². The fourth-order valence-electron chi connectivity index (χ4n) is 1.26. The Morgan fingerprint density at radius 2 is 1.93 bits per heavy atom. The molecule has 14 heavy (non-hydrogen) atoms. The Morgan fingerprint density at radius 1 is 1.29 bits per heavy atom. The molecule has 2 aromatic rings. The summed E-state index contributed by atoms with van der Waals surface area (Å²) in [7, 11) is -4.20. The molecule has 0 saturated carbocycles. The van der Waals surface area contributed by atoms with Crippen LogP contribution in [0.3, 0.4) is 0 Å². The molecule has 1 heterocycles. The van der Waals surface area contributed by atoms with Crippen LogP contribution in [-0.2, 0) is 10.1 Å². The summed E-state index contributed by atoms with van der Waals surface area (Å²) in [4.78, 5) is 2.62. The van der Waals surface area contributed by atoms with Gasteiger partial charge in [-0.1, -0.05) is 18.2 Å². The van der Waals surface area contributed by atoms with Gasteiger partial charge in [-0.25, -0.2) is 0 Å². The van der Waals surface area contributed by atoms with Crippen LogP contribution in [0.25, 0.3) is 10.9 Å². The zero-order valence-corrected chi connectivity index (χ0v) is 9.26. The van der Waals surface area contributed by atoms with Crippen LogP contribution in [0, 0.1) is 0 Å². The molecule has 0 bridgehead atoms. The largest absolute Gasteiger partial charge is 0.343 e. The highest BCUT2D eigenvalue weighted by Crippen LogP contribution is 2.30. The van der Waals surface area contributed by atoms with E-state index in [1.54, 1.807) is 24.3 Å². The molecule has 0 aliphatic carbocycles. The highest BCUT2D eigenvalue weighted by Gasteiger charge is 2.18. The molecule has 0 unspecified atom stereocenters.